The summed E-state index contributed by atoms with van der Waals surface area (Å²) in [6, 6.07) is 8.21. The number of carbonyl (C=O) groups excluding carboxylic acids is 1. The molecule has 4 rings (SSSR count). The van der Waals surface area contributed by atoms with Gasteiger partial charge in [-0.3, -0.25) is 4.79 Å². The maximum Gasteiger partial charge on any atom is 0.188 e. The molecule has 19 heavy (non-hydrogen) atoms. The number of nitrogens with zero attached hydrogens (tertiary/aromatic N) is 1. The average Bonchev–Trinajstić information content (AvgIpc) is 2.79. The molecule has 0 saturated heterocycles. The van der Waals surface area contributed by atoms with Gasteiger partial charge in [-0.15, -0.1) is 0 Å². The molecular weight excluding hydrogens is 240 g/mol. The van der Waals surface area contributed by atoms with E-state index in [9.17, 15) is 9.90 Å². The highest BCUT2D eigenvalue weighted by molar-refractivity contribution is 6.02. The van der Waals surface area contributed by atoms with E-state index in [1.54, 1.807) is 6.08 Å². The maximum atomic E-state index is 11.7. The lowest BCUT2D eigenvalue weighted by Crippen LogP contribution is -2.42. The zero-order valence-corrected chi connectivity index (χ0v) is 10.4. The van der Waals surface area contributed by atoms with Crippen LogP contribution in [0, 0.1) is 0 Å². The second kappa shape index (κ2) is 3.71. The van der Waals surface area contributed by atoms with Crippen molar-refractivity contribution < 1.29 is 9.90 Å². The number of rotatable bonds is 0. The number of aliphatic hydroxyl groups excluding tert-OH is 1. The average molecular weight is 254 g/mol. The van der Waals surface area contributed by atoms with Crippen molar-refractivity contribution >= 4 is 22.4 Å². The normalized spacial score (nSPS) is 22.2. The maximum absolute atomic E-state index is 11.7. The van der Waals surface area contributed by atoms with Gasteiger partial charge in [0, 0.05) is 23.5 Å². The molecule has 4 heteroatoms. The van der Waals surface area contributed by atoms with E-state index in [4.69, 9.17) is 0 Å². The predicted molar refractivity (Wildman–Crippen MR) is 72.6 cm³/mol. The third kappa shape index (κ3) is 1.47. The molecule has 0 amide bonds. The van der Waals surface area contributed by atoms with Crippen molar-refractivity contribution in [3.8, 4) is 0 Å². The number of para-hydroxylation sites is 1. The Labute approximate surface area is 110 Å². The number of aromatic amines is 1. The Morgan fingerprint density at radius 2 is 2.16 bits per heavy atom. The zero-order valence-electron chi connectivity index (χ0n) is 10.4. The van der Waals surface area contributed by atoms with Crippen molar-refractivity contribution in [1.29, 1.82) is 0 Å². The summed E-state index contributed by atoms with van der Waals surface area (Å²) in [7, 11) is 0. The minimum absolute atomic E-state index is 0.197. The van der Waals surface area contributed by atoms with E-state index < -0.39 is 6.10 Å². The van der Waals surface area contributed by atoms with Crippen LogP contribution in [-0.4, -0.2) is 40.0 Å². The number of hydrogen-bond donors (Lipinski definition) is 2. The highest BCUT2D eigenvalue weighted by Gasteiger charge is 2.31. The van der Waals surface area contributed by atoms with Gasteiger partial charge in [0.15, 0.2) is 5.78 Å². The first-order valence-electron chi connectivity index (χ1n) is 6.52. The molecule has 1 aromatic carbocycles. The van der Waals surface area contributed by atoms with E-state index in [0.717, 1.165) is 29.9 Å². The highest BCUT2D eigenvalue weighted by Crippen LogP contribution is 2.35. The lowest BCUT2D eigenvalue weighted by molar-refractivity contribution is -0.123. The standard InChI is InChI=1S/C15H14N2O2/c18-13-7-12-15-10(5-6-17(12)8-14(13)19)9-3-1-2-4-11(9)16-15/h1-4,7,14,16,19H,5-6,8H2. The third-order valence-electron chi connectivity index (χ3n) is 4.04. The van der Waals surface area contributed by atoms with Crippen LogP contribution in [0.2, 0.25) is 0 Å². The van der Waals surface area contributed by atoms with E-state index in [1.807, 2.05) is 12.1 Å². The molecule has 1 aromatic heterocycles. The van der Waals surface area contributed by atoms with Gasteiger partial charge < -0.3 is 15.0 Å². The Hall–Kier alpha value is -2.07. The van der Waals surface area contributed by atoms with Gasteiger partial charge in [0.1, 0.15) is 6.10 Å². The van der Waals surface area contributed by atoms with Gasteiger partial charge in [0.25, 0.3) is 0 Å². The number of benzene rings is 1. The second-order valence-electron chi connectivity index (χ2n) is 5.17. The van der Waals surface area contributed by atoms with Crippen molar-refractivity contribution in [3.63, 3.8) is 0 Å². The summed E-state index contributed by atoms with van der Waals surface area (Å²) in [5.74, 6) is -0.197. The molecule has 96 valence electrons. The van der Waals surface area contributed by atoms with Crippen LogP contribution in [-0.2, 0) is 11.2 Å². The van der Waals surface area contributed by atoms with E-state index in [0.29, 0.717) is 6.54 Å². The van der Waals surface area contributed by atoms with Crippen molar-refractivity contribution in [3.05, 3.63) is 41.6 Å². The predicted octanol–water partition coefficient (Wildman–Crippen LogP) is 1.31. The van der Waals surface area contributed by atoms with E-state index in [1.165, 1.54) is 10.9 Å². The number of nitrogens with one attached hydrogen (secondary N) is 1. The zero-order chi connectivity index (χ0) is 13.0. The third-order valence-corrected chi connectivity index (χ3v) is 4.04. The van der Waals surface area contributed by atoms with Crippen molar-refractivity contribution in [2.45, 2.75) is 12.5 Å². The SMILES string of the molecule is O=C1C=C2c3[nH]c4ccccc4c3CCN2CC1O. The Kier molecular flexibility index (Phi) is 2.11. The minimum atomic E-state index is -0.880. The largest absolute Gasteiger partial charge is 0.383 e. The van der Waals surface area contributed by atoms with Gasteiger partial charge in [-0.1, -0.05) is 18.2 Å². The molecule has 0 spiro atoms. The number of H-pyrrole nitrogens is 1. The van der Waals surface area contributed by atoms with Gasteiger partial charge in [-0.2, -0.15) is 0 Å². The molecule has 2 aromatic rings. The molecule has 4 nitrogen and oxygen atoms in total. The monoisotopic (exact) mass is 254 g/mol. The molecular formula is C15H14N2O2. The Balaban J connectivity index is 1.95. The summed E-state index contributed by atoms with van der Waals surface area (Å²) < 4.78 is 0. The summed E-state index contributed by atoms with van der Waals surface area (Å²) in [6.45, 7) is 1.25. The van der Waals surface area contributed by atoms with Crippen molar-refractivity contribution in [2.24, 2.45) is 0 Å². The molecule has 0 bridgehead atoms. The molecule has 0 saturated carbocycles. The number of aliphatic hydroxyl groups is 1. The molecule has 2 aliphatic heterocycles. The van der Waals surface area contributed by atoms with Crippen LogP contribution in [0.15, 0.2) is 30.3 Å². The summed E-state index contributed by atoms with van der Waals surface area (Å²) in [5, 5.41) is 10.9. The van der Waals surface area contributed by atoms with E-state index >= 15 is 0 Å². The van der Waals surface area contributed by atoms with Crippen LogP contribution in [0.1, 0.15) is 11.3 Å². The van der Waals surface area contributed by atoms with Crippen molar-refractivity contribution in [2.75, 3.05) is 13.1 Å². The summed E-state index contributed by atoms with van der Waals surface area (Å²) >= 11 is 0. The van der Waals surface area contributed by atoms with Gasteiger partial charge >= 0.3 is 0 Å². The number of ketones is 1. The Bertz CT molecular complexity index is 714. The number of hydrogen-bond acceptors (Lipinski definition) is 3. The van der Waals surface area contributed by atoms with Crippen LogP contribution in [0.4, 0.5) is 0 Å². The van der Waals surface area contributed by atoms with Gasteiger partial charge in [-0.05, 0) is 18.1 Å². The minimum Gasteiger partial charge on any atom is -0.383 e. The Morgan fingerprint density at radius 1 is 1.32 bits per heavy atom. The molecule has 2 aliphatic rings. The van der Waals surface area contributed by atoms with Crippen molar-refractivity contribution in [1.82, 2.24) is 9.88 Å². The molecule has 0 aliphatic carbocycles. The molecule has 0 fully saturated rings. The quantitative estimate of drug-likeness (QED) is 0.745. The van der Waals surface area contributed by atoms with Crippen LogP contribution in [0.5, 0.6) is 0 Å². The van der Waals surface area contributed by atoms with Gasteiger partial charge in [0.05, 0.1) is 17.9 Å². The fourth-order valence-electron chi connectivity index (χ4n) is 3.09. The topological polar surface area (TPSA) is 56.3 Å². The molecule has 3 heterocycles. The number of carbonyl (C=O) groups is 1. The van der Waals surface area contributed by atoms with Crippen LogP contribution in [0.25, 0.3) is 16.6 Å². The smallest absolute Gasteiger partial charge is 0.188 e. The first-order chi connectivity index (χ1) is 9.24. The lowest BCUT2D eigenvalue weighted by atomic mass is 9.96. The summed E-state index contributed by atoms with van der Waals surface area (Å²) in [5.41, 5.74) is 4.34. The van der Waals surface area contributed by atoms with Crippen LogP contribution in [0.3, 0.4) is 0 Å². The molecule has 2 N–H and O–H groups in total. The number of aromatic nitrogens is 1. The fraction of sp³-hybridized carbons (Fsp3) is 0.267. The lowest BCUT2D eigenvalue weighted by Gasteiger charge is -2.35. The van der Waals surface area contributed by atoms with E-state index in [2.05, 4.69) is 22.0 Å². The fourth-order valence-corrected chi connectivity index (χ4v) is 3.09. The molecule has 1 atom stereocenters. The molecule has 0 radical (unpaired) electrons. The first kappa shape index (κ1) is 10.8. The summed E-state index contributed by atoms with van der Waals surface area (Å²) in [4.78, 5) is 17.2. The second-order valence-corrected chi connectivity index (χ2v) is 5.17. The Morgan fingerprint density at radius 3 is 3.05 bits per heavy atom. The summed E-state index contributed by atoms with van der Waals surface area (Å²) in [6.07, 6.45) is 1.63. The highest BCUT2D eigenvalue weighted by atomic mass is 16.3. The van der Waals surface area contributed by atoms with Crippen LogP contribution < -0.4 is 0 Å². The van der Waals surface area contributed by atoms with E-state index in [-0.39, 0.29) is 5.78 Å². The van der Waals surface area contributed by atoms with Gasteiger partial charge in [-0.25, -0.2) is 0 Å². The van der Waals surface area contributed by atoms with Gasteiger partial charge in [0.2, 0.25) is 0 Å². The number of fused-ring (bicyclic) bond motifs is 5. The molecule has 1 unspecified atom stereocenters. The van der Waals surface area contributed by atoms with Crippen LogP contribution >= 0.6 is 0 Å². The first-order valence-corrected chi connectivity index (χ1v) is 6.52.